The fourth-order valence-electron chi connectivity index (χ4n) is 3.63. The summed E-state index contributed by atoms with van der Waals surface area (Å²) in [5.41, 5.74) is 2.50. The lowest BCUT2D eigenvalue weighted by molar-refractivity contribution is 0.0865. The molecule has 4 unspecified atom stereocenters. The lowest BCUT2D eigenvalue weighted by Gasteiger charge is -2.30. The predicted octanol–water partition coefficient (Wildman–Crippen LogP) is 1.59. The van der Waals surface area contributed by atoms with Gasteiger partial charge in [0.15, 0.2) is 0 Å². The third-order valence-electron chi connectivity index (χ3n) is 4.55. The van der Waals surface area contributed by atoms with Crippen LogP contribution in [0.2, 0.25) is 0 Å². The lowest BCUT2D eigenvalue weighted by Crippen LogP contribution is -2.45. The van der Waals surface area contributed by atoms with Crippen LogP contribution in [0, 0.1) is 24.7 Å². The van der Waals surface area contributed by atoms with Crippen molar-refractivity contribution in [2.75, 3.05) is 6.61 Å². The van der Waals surface area contributed by atoms with Gasteiger partial charge in [0.1, 0.15) is 4.88 Å². The Kier molecular flexibility index (Phi) is 3.11. The highest BCUT2D eigenvalue weighted by Crippen LogP contribution is 2.48. The molecule has 4 nitrogen and oxygen atoms in total. The van der Waals surface area contributed by atoms with Crippen molar-refractivity contribution in [1.29, 1.82) is 0 Å². The lowest BCUT2D eigenvalue weighted by atomic mass is 9.85. The molecule has 0 radical (unpaired) electrons. The molecule has 5 heteroatoms. The summed E-state index contributed by atoms with van der Waals surface area (Å²) in [6.07, 6.45) is 3.56. The number of carbonyl (C=O) groups is 1. The van der Waals surface area contributed by atoms with E-state index in [2.05, 4.69) is 10.3 Å². The van der Waals surface area contributed by atoms with Gasteiger partial charge in [-0.2, -0.15) is 0 Å². The Hall–Kier alpha value is -0.940. The van der Waals surface area contributed by atoms with Gasteiger partial charge in [-0.3, -0.25) is 4.79 Å². The van der Waals surface area contributed by atoms with Gasteiger partial charge in [-0.15, -0.1) is 11.3 Å². The maximum atomic E-state index is 12.2. The molecule has 98 valence electrons. The van der Waals surface area contributed by atoms with Gasteiger partial charge in [-0.25, -0.2) is 4.98 Å². The van der Waals surface area contributed by atoms with E-state index in [1.54, 1.807) is 5.51 Å². The summed E-state index contributed by atoms with van der Waals surface area (Å²) in [4.78, 5) is 17.0. The van der Waals surface area contributed by atoms with Crippen LogP contribution < -0.4 is 5.32 Å². The quantitative estimate of drug-likeness (QED) is 0.873. The molecule has 2 aliphatic rings. The first kappa shape index (κ1) is 12.1. The Morgan fingerprint density at radius 1 is 1.56 bits per heavy atom. The molecule has 2 N–H and O–H groups in total. The van der Waals surface area contributed by atoms with E-state index < -0.39 is 0 Å². The average Bonchev–Trinajstić information content (AvgIpc) is 3.03. The van der Waals surface area contributed by atoms with Gasteiger partial charge in [-0.05, 0) is 38.0 Å². The molecule has 18 heavy (non-hydrogen) atoms. The molecule has 0 saturated heterocycles. The molecule has 1 aromatic rings. The van der Waals surface area contributed by atoms with Crippen LogP contribution in [0.15, 0.2) is 5.51 Å². The summed E-state index contributed by atoms with van der Waals surface area (Å²) >= 11 is 1.38. The van der Waals surface area contributed by atoms with E-state index >= 15 is 0 Å². The minimum absolute atomic E-state index is 0.0222. The zero-order valence-corrected chi connectivity index (χ0v) is 11.2. The number of hydrogen-bond acceptors (Lipinski definition) is 4. The molecule has 1 amide bonds. The van der Waals surface area contributed by atoms with E-state index in [9.17, 15) is 9.90 Å². The van der Waals surface area contributed by atoms with Gasteiger partial charge in [0.2, 0.25) is 0 Å². The summed E-state index contributed by atoms with van der Waals surface area (Å²) in [7, 11) is 0. The largest absolute Gasteiger partial charge is 0.396 e. The molecule has 0 aliphatic heterocycles. The van der Waals surface area contributed by atoms with Gasteiger partial charge in [0, 0.05) is 18.6 Å². The van der Waals surface area contributed by atoms with Crippen molar-refractivity contribution >= 4 is 17.2 Å². The van der Waals surface area contributed by atoms with E-state index in [0.717, 1.165) is 12.1 Å². The Bertz CT molecular complexity index is 460. The highest BCUT2D eigenvalue weighted by atomic mass is 32.1. The SMILES string of the molecule is Cc1ncsc1C(=O)NC1C2CCC(C2)C1CO. The number of aliphatic hydroxyl groups excluding tert-OH is 1. The first-order chi connectivity index (χ1) is 8.70. The zero-order valence-electron chi connectivity index (χ0n) is 10.4. The van der Waals surface area contributed by atoms with Crippen molar-refractivity contribution in [3.63, 3.8) is 0 Å². The standard InChI is InChI=1S/C13H18N2O2S/c1-7-12(18-6-14-7)13(17)15-11-9-3-2-8(4-9)10(11)5-16/h6,8-11,16H,2-5H2,1H3,(H,15,17). The third-order valence-corrected chi connectivity index (χ3v) is 5.48. The van der Waals surface area contributed by atoms with Crippen molar-refractivity contribution in [2.45, 2.75) is 32.2 Å². The zero-order chi connectivity index (χ0) is 12.7. The second-order valence-corrected chi connectivity index (χ2v) is 6.30. The molecular weight excluding hydrogens is 248 g/mol. The van der Waals surface area contributed by atoms with Crippen molar-refractivity contribution in [3.05, 3.63) is 16.1 Å². The number of aromatic nitrogens is 1. The Morgan fingerprint density at radius 3 is 3.00 bits per heavy atom. The van der Waals surface area contributed by atoms with E-state index in [1.807, 2.05) is 6.92 Å². The smallest absolute Gasteiger partial charge is 0.263 e. The summed E-state index contributed by atoms with van der Waals surface area (Å²) in [6.45, 7) is 2.05. The topological polar surface area (TPSA) is 62.2 Å². The molecular formula is C13H18N2O2S. The van der Waals surface area contributed by atoms with Crippen LogP contribution in [0.3, 0.4) is 0 Å². The number of thiazole rings is 1. The van der Waals surface area contributed by atoms with Crippen molar-refractivity contribution in [1.82, 2.24) is 10.3 Å². The molecule has 1 heterocycles. The average molecular weight is 266 g/mol. The van der Waals surface area contributed by atoms with Crippen LogP contribution in [0.1, 0.15) is 34.6 Å². The Balaban J connectivity index is 1.73. The van der Waals surface area contributed by atoms with Gasteiger partial charge < -0.3 is 10.4 Å². The maximum absolute atomic E-state index is 12.2. The molecule has 2 bridgehead atoms. The first-order valence-corrected chi connectivity index (χ1v) is 7.40. The molecule has 0 spiro atoms. The molecule has 2 aliphatic carbocycles. The third kappa shape index (κ3) is 1.86. The Morgan fingerprint density at radius 2 is 2.33 bits per heavy atom. The first-order valence-electron chi connectivity index (χ1n) is 6.52. The van der Waals surface area contributed by atoms with E-state index in [-0.39, 0.29) is 24.5 Å². The van der Waals surface area contributed by atoms with Crippen molar-refractivity contribution in [3.8, 4) is 0 Å². The Labute approximate surface area is 110 Å². The van der Waals surface area contributed by atoms with Crippen LogP contribution >= 0.6 is 11.3 Å². The van der Waals surface area contributed by atoms with Crippen molar-refractivity contribution < 1.29 is 9.90 Å². The second kappa shape index (κ2) is 4.63. The van der Waals surface area contributed by atoms with E-state index in [4.69, 9.17) is 0 Å². The van der Waals surface area contributed by atoms with Crippen molar-refractivity contribution in [2.24, 2.45) is 17.8 Å². The maximum Gasteiger partial charge on any atom is 0.263 e. The number of amides is 1. The fourth-order valence-corrected chi connectivity index (χ4v) is 4.34. The van der Waals surface area contributed by atoms with Crippen LogP contribution in [0.4, 0.5) is 0 Å². The number of nitrogens with one attached hydrogen (secondary N) is 1. The number of carbonyl (C=O) groups excluding carboxylic acids is 1. The molecule has 0 aromatic carbocycles. The van der Waals surface area contributed by atoms with Crippen LogP contribution in [0.25, 0.3) is 0 Å². The van der Waals surface area contributed by atoms with Crippen LogP contribution in [-0.2, 0) is 0 Å². The second-order valence-electron chi connectivity index (χ2n) is 5.45. The van der Waals surface area contributed by atoms with Crippen LogP contribution in [-0.4, -0.2) is 28.6 Å². The highest BCUT2D eigenvalue weighted by Gasteiger charge is 2.47. The van der Waals surface area contributed by atoms with Gasteiger partial charge in [0.25, 0.3) is 5.91 Å². The normalized spacial score (nSPS) is 33.9. The summed E-state index contributed by atoms with van der Waals surface area (Å²) in [5, 5.41) is 12.6. The minimum Gasteiger partial charge on any atom is -0.396 e. The molecule has 3 rings (SSSR count). The summed E-state index contributed by atoms with van der Waals surface area (Å²) in [5.74, 6) is 1.39. The predicted molar refractivity (Wildman–Crippen MR) is 69.5 cm³/mol. The summed E-state index contributed by atoms with van der Waals surface area (Å²) < 4.78 is 0. The van der Waals surface area contributed by atoms with Crippen LogP contribution in [0.5, 0.6) is 0 Å². The number of rotatable bonds is 3. The number of nitrogens with zero attached hydrogens (tertiary/aromatic N) is 1. The number of fused-ring (bicyclic) bond motifs is 2. The van der Waals surface area contributed by atoms with E-state index in [1.165, 1.54) is 24.2 Å². The fraction of sp³-hybridized carbons (Fsp3) is 0.692. The number of aliphatic hydroxyl groups is 1. The number of hydrogen-bond donors (Lipinski definition) is 2. The van der Waals surface area contributed by atoms with Gasteiger partial charge in [0.05, 0.1) is 11.2 Å². The summed E-state index contributed by atoms with van der Waals surface area (Å²) in [6, 6.07) is 0.155. The van der Waals surface area contributed by atoms with E-state index in [0.29, 0.717) is 16.7 Å². The van der Waals surface area contributed by atoms with Gasteiger partial charge in [-0.1, -0.05) is 0 Å². The molecule has 1 aromatic heterocycles. The molecule has 2 saturated carbocycles. The number of aryl methyl sites for hydroxylation is 1. The minimum atomic E-state index is -0.0222. The van der Waals surface area contributed by atoms with Gasteiger partial charge >= 0.3 is 0 Å². The monoisotopic (exact) mass is 266 g/mol. The highest BCUT2D eigenvalue weighted by molar-refractivity contribution is 7.11. The molecule has 2 fully saturated rings. The molecule has 4 atom stereocenters.